The molecule has 0 amide bonds. The van der Waals surface area contributed by atoms with Crippen molar-refractivity contribution in [2.24, 2.45) is 0 Å². The Labute approximate surface area is 231 Å². The summed E-state index contributed by atoms with van der Waals surface area (Å²) in [6, 6.07) is 22.0. The number of thiophene rings is 1. The van der Waals surface area contributed by atoms with Crippen LogP contribution in [-0.4, -0.2) is 50.1 Å². The Morgan fingerprint density at radius 3 is 2.46 bits per heavy atom. The van der Waals surface area contributed by atoms with Crippen LogP contribution in [0.5, 0.6) is 5.75 Å². The summed E-state index contributed by atoms with van der Waals surface area (Å²) in [4.78, 5) is 7.33. The Bertz CT molecular complexity index is 1480. The van der Waals surface area contributed by atoms with E-state index < -0.39 is 21.7 Å². The lowest BCUT2D eigenvalue weighted by Crippen LogP contribution is -2.48. The van der Waals surface area contributed by atoms with Gasteiger partial charge in [0.05, 0.1) is 10.6 Å². The van der Waals surface area contributed by atoms with Gasteiger partial charge in [-0.1, -0.05) is 36.4 Å². The van der Waals surface area contributed by atoms with Gasteiger partial charge >= 0.3 is 0 Å². The summed E-state index contributed by atoms with van der Waals surface area (Å²) in [5, 5.41) is 0. The van der Waals surface area contributed by atoms with Gasteiger partial charge in [-0.15, -0.1) is 11.3 Å². The average molecular weight is 570 g/mol. The molecule has 1 aliphatic rings. The summed E-state index contributed by atoms with van der Waals surface area (Å²) in [7, 11) is -3.75. The van der Waals surface area contributed by atoms with Gasteiger partial charge in [-0.25, -0.2) is 21.9 Å². The highest BCUT2D eigenvalue weighted by Gasteiger charge is 2.27. The van der Waals surface area contributed by atoms with Crippen LogP contribution in [0.2, 0.25) is 0 Å². The Hall–Kier alpha value is -3.18. The van der Waals surface area contributed by atoms with Crippen molar-refractivity contribution in [3.63, 3.8) is 0 Å². The number of pyridine rings is 1. The molecule has 1 aliphatic heterocycles. The number of hydrogen-bond donors (Lipinski definition) is 1. The minimum Gasteiger partial charge on any atom is -0.490 e. The predicted molar refractivity (Wildman–Crippen MR) is 148 cm³/mol. The second-order valence-corrected chi connectivity index (χ2v) is 12.6. The number of aromatic nitrogens is 1. The maximum Gasteiger partial charge on any atom is 0.250 e. The molecule has 0 radical (unpaired) electrons. The van der Waals surface area contributed by atoms with Gasteiger partial charge in [0.1, 0.15) is 16.1 Å². The van der Waals surface area contributed by atoms with E-state index in [1.165, 1.54) is 17.4 Å². The van der Waals surface area contributed by atoms with Crippen molar-refractivity contribution in [1.29, 1.82) is 0 Å². The molecule has 0 spiro atoms. The van der Waals surface area contributed by atoms with Gasteiger partial charge in [0, 0.05) is 37.9 Å². The summed E-state index contributed by atoms with van der Waals surface area (Å²) in [5.41, 5.74) is 1.78. The Morgan fingerprint density at radius 2 is 1.74 bits per heavy atom. The standard InChI is InChI=1S/C29H29F2N3O3S2/c30-25-10-9-24(19-26(25)31)37-23-13-16-34(17-14-23)20-22(18-21-6-2-1-3-7-21)33-39(35,36)29-12-11-28(38-29)27-8-4-5-15-32-27/h1-12,15,19,22-23,33H,13-14,16-18,20H2/t22-/m0/s1. The summed E-state index contributed by atoms with van der Waals surface area (Å²) >= 11 is 1.20. The molecule has 1 fully saturated rings. The lowest BCUT2D eigenvalue weighted by atomic mass is 10.0. The molecule has 39 heavy (non-hydrogen) atoms. The first-order chi connectivity index (χ1) is 18.9. The molecule has 4 aromatic rings. The van der Waals surface area contributed by atoms with E-state index >= 15 is 0 Å². The van der Waals surface area contributed by atoms with Crippen LogP contribution in [0.25, 0.3) is 10.6 Å². The number of halogens is 2. The van der Waals surface area contributed by atoms with Crippen LogP contribution < -0.4 is 9.46 Å². The fourth-order valence-corrected chi connectivity index (χ4v) is 7.22. The van der Waals surface area contributed by atoms with E-state index in [0.29, 0.717) is 44.6 Å². The highest BCUT2D eigenvalue weighted by molar-refractivity contribution is 7.91. The summed E-state index contributed by atoms with van der Waals surface area (Å²) in [5.74, 6) is -1.53. The lowest BCUT2D eigenvalue weighted by molar-refractivity contribution is 0.0958. The molecule has 1 N–H and O–H groups in total. The number of piperidine rings is 1. The van der Waals surface area contributed by atoms with Gasteiger partial charge in [-0.3, -0.25) is 4.98 Å². The molecule has 6 nitrogen and oxygen atoms in total. The smallest absolute Gasteiger partial charge is 0.250 e. The van der Waals surface area contributed by atoms with Crippen molar-refractivity contribution >= 4 is 21.4 Å². The summed E-state index contributed by atoms with van der Waals surface area (Å²) in [6.07, 6.45) is 3.50. The number of hydrogen-bond acceptors (Lipinski definition) is 6. The summed E-state index contributed by atoms with van der Waals surface area (Å²) < 4.78 is 62.6. The number of ether oxygens (including phenoxy) is 1. The fraction of sp³-hybridized carbons (Fsp3) is 0.276. The third-order valence-electron chi connectivity index (χ3n) is 6.62. The van der Waals surface area contributed by atoms with Crippen LogP contribution in [0.3, 0.4) is 0 Å². The van der Waals surface area contributed by atoms with Crippen LogP contribution in [-0.2, 0) is 16.4 Å². The molecule has 0 bridgehead atoms. The quantitative estimate of drug-likeness (QED) is 0.272. The van der Waals surface area contributed by atoms with Crippen LogP contribution >= 0.6 is 11.3 Å². The number of nitrogens with zero attached hydrogens (tertiary/aromatic N) is 2. The molecule has 3 heterocycles. The number of likely N-dealkylation sites (tertiary alicyclic amines) is 1. The number of sulfonamides is 1. The fourth-order valence-electron chi connectivity index (χ4n) is 4.69. The minimum atomic E-state index is -3.75. The zero-order chi connectivity index (χ0) is 27.2. The van der Waals surface area contributed by atoms with E-state index in [1.54, 1.807) is 18.3 Å². The number of nitrogens with one attached hydrogen (secondary N) is 1. The van der Waals surface area contributed by atoms with E-state index in [4.69, 9.17) is 4.74 Å². The second-order valence-electron chi connectivity index (χ2n) is 9.54. The van der Waals surface area contributed by atoms with E-state index in [-0.39, 0.29) is 16.4 Å². The van der Waals surface area contributed by atoms with Gasteiger partial charge < -0.3 is 9.64 Å². The molecule has 0 aliphatic carbocycles. The molecule has 1 saturated heterocycles. The number of rotatable bonds is 10. The molecular formula is C29H29F2N3O3S2. The highest BCUT2D eigenvalue weighted by Crippen LogP contribution is 2.29. The highest BCUT2D eigenvalue weighted by atomic mass is 32.2. The first kappa shape index (κ1) is 27.4. The third-order valence-corrected chi connectivity index (χ3v) is 9.74. The van der Waals surface area contributed by atoms with Crippen molar-refractivity contribution in [2.75, 3.05) is 19.6 Å². The molecule has 2 aromatic heterocycles. The maximum atomic E-state index is 13.5. The van der Waals surface area contributed by atoms with Crippen LogP contribution in [0, 0.1) is 11.6 Å². The number of benzene rings is 2. The maximum absolute atomic E-state index is 13.5. The molecular weight excluding hydrogens is 540 g/mol. The monoisotopic (exact) mass is 569 g/mol. The Morgan fingerprint density at radius 1 is 0.974 bits per heavy atom. The predicted octanol–water partition coefficient (Wildman–Crippen LogP) is 5.52. The topological polar surface area (TPSA) is 71.5 Å². The van der Waals surface area contributed by atoms with E-state index in [0.717, 1.165) is 28.3 Å². The second kappa shape index (κ2) is 12.3. The van der Waals surface area contributed by atoms with E-state index in [9.17, 15) is 17.2 Å². The molecule has 0 saturated carbocycles. The third kappa shape index (κ3) is 7.27. The van der Waals surface area contributed by atoms with Crippen LogP contribution in [0.4, 0.5) is 8.78 Å². The average Bonchev–Trinajstić information content (AvgIpc) is 3.45. The molecule has 204 valence electrons. The van der Waals surface area contributed by atoms with Crippen LogP contribution in [0.1, 0.15) is 18.4 Å². The van der Waals surface area contributed by atoms with Crippen LogP contribution in [0.15, 0.2) is 89.3 Å². The molecule has 0 unspecified atom stereocenters. The largest absolute Gasteiger partial charge is 0.490 e. The van der Waals surface area contributed by atoms with Crippen molar-refractivity contribution in [3.8, 4) is 16.3 Å². The minimum absolute atomic E-state index is 0.119. The first-order valence-electron chi connectivity index (χ1n) is 12.8. The van der Waals surface area contributed by atoms with Crippen molar-refractivity contribution in [1.82, 2.24) is 14.6 Å². The van der Waals surface area contributed by atoms with E-state index in [2.05, 4.69) is 14.6 Å². The van der Waals surface area contributed by atoms with Crippen molar-refractivity contribution < 1.29 is 21.9 Å². The zero-order valence-electron chi connectivity index (χ0n) is 21.2. The Balaban J connectivity index is 1.24. The summed E-state index contributed by atoms with van der Waals surface area (Å²) in [6.45, 7) is 1.93. The first-order valence-corrected chi connectivity index (χ1v) is 15.1. The molecule has 2 aromatic carbocycles. The normalized spacial score (nSPS) is 15.7. The zero-order valence-corrected chi connectivity index (χ0v) is 22.8. The lowest BCUT2D eigenvalue weighted by Gasteiger charge is -2.34. The molecule has 5 rings (SSSR count). The van der Waals surface area contributed by atoms with Crippen molar-refractivity contribution in [3.05, 3.63) is 102 Å². The van der Waals surface area contributed by atoms with E-state index in [1.807, 2.05) is 48.5 Å². The molecule has 10 heteroatoms. The van der Waals surface area contributed by atoms with Gasteiger partial charge in [0.2, 0.25) is 10.0 Å². The Kier molecular flexibility index (Phi) is 8.66. The molecule has 1 atom stereocenters. The van der Waals surface area contributed by atoms with Gasteiger partial charge in [0.25, 0.3) is 0 Å². The van der Waals surface area contributed by atoms with Gasteiger partial charge in [-0.05, 0) is 61.2 Å². The van der Waals surface area contributed by atoms with Gasteiger partial charge in [0.15, 0.2) is 11.6 Å². The van der Waals surface area contributed by atoms with Gasteiger partial charge in [-0.2, -0.15) is 0 Å². The van der Waals surface area contributed by atoms with Crippen molar-refractivity contribution in [2.45, 2.75) is 35.6 Å². The SMILES string of the molecule is O=S(=O)(N[C@@H](Cc1ccccc1)CN1CCC(Oc2ccc(F)c(F)c2)CC1)c1ccc(-c2ccccn2)s1.